The molecule has 2 amide bonds. The van der Waals surface area contributed by atoms with Gasteiger partial charge in [0.05, 0.1) is 6.04 Å². The third-order valence-corrected chi connectivity index (χ3v) is 7.46. The zero-order valence-electron chi connectivity index (χ0n) is 19.8. The molecule has 2 bridgehead atoms. The highest BCUT2D eigenvalue weighted by Crippen LogP contribution is 2.44. The molecule has 2 heterocycles. The summed E-state index contributed by atoms with van der Waals surface area (Å²) in [7, 11) is 0. The lowest BCUT2D eigenvalue weighted by Gasteiger charge is -2.41. The van der Waals surface area contributed by atoms with Crippen LogP contribution in [0.5, 0.6) is 0 Å². The first-order valence-corrected chi connectivity index (χ1v) is 12.2. The van der Waals surface area contributed by atoms with Crippen molar-refractivity contribution in [1.29, 1.82) is 0 Å². The summed E-state index contributed by atoms with van der Waals surface area (Å²) in [5, 5.41) is 17.0. The largest absolute Gasteiger partial charge is 0.341 e. The SMILES string of the molecule is CC[C@@H](C(=O)N1C[C@H]2CC[C@H](C1)C2CC(=O)Nc1ccc(-c2nn[nH]n2)cc1)N(CC)CC. The summed E-state index contributed by atoms with van der Waals surface area (Å²) in [5.41, 5.74) is 1.60. The Balaban J connectivity index is 1.33. The van der Waals surface area contributed by atoms with E-state index in [1.54, 1.807) is 0 Å². The van der Waals surface area contributed by atoms with Gasteiger partial charge in [0.25, 0.3) is 0 Å². The van der Waals surface area contributed by atoms with Crippen LogP contribution in [0.15, 0.2) is 24.3 Å². The lowest BCUT2D eigenvalue weighted by Crippen LogP contribution is -2.53. The van der Waals surface area contributed by atoms with Gasteiger partial charge in [-0.3, -0.25) is 14.5 Å². The van der Waals surface area contributed by atoms with Crippen molar-refractivity contribution in [2.24, 2.45) is 17.8 Å². The monoisotopic (exact) mass is 453 g/mol. The van der Waals surface area contributed by atoms with Gasteiger partial charge in [0, 0.05) is 30.8 Å². The Morgan fingerprint density at radius 1 is 1.12 bits per heavy atom. The smallest absolute Gasteiger partial charge is 0.239 e. The number of rotatable bonds is 9. The average Bonchev–Trinajstić information content (AvgIpc) is 3.43. The fourth-order valence-corrected chi connectivity index (χ4v) is 5.73. The Kier molecular flexibility index (Phi) is 7.37. The van der Waals surface area contributed by atoms with Crippen molar-refractivity contribution in [3.63, 3.8) is 0 Å². The maximum Gasteiger partial charge on any atom is 0.239 e. The van der Waals surface area contributed by atoms with Crippen LogP contribution < -0.4 is 5.32 Å². The van der Waals surface area contributed by atoms with Crippen LogP contribution in [0.25, 0.3) is 11.4 Å². The van der Waals surface area contributed by atoms with Gasteiger partial charge in [-0.1, -0.05) is 20.8 Å². The molecule has 1 saturated carbocycles. The summed E-state index contributed by atoms with van der Waals surface area (Å²) < 4.78 is 0. The quantitative estimate of drug-likeness (QED) is 0.605. The minimum atomic E-state index is -0.0327. The molecule has 1 aromatic heterocycles. The minimum absolute atomic E-state index is 0.0327. The number of nitrogens with one attached hydrogen (secondary N) is 2. The van der Waals surface area contributed by atoms with E-state index in [2.05, 4.69) is 56.5 Å². The molecule has 3 atom stereocenters. The highest BCUT2D eigenvalue weighted by Gasteiger charge is 2.45. The molecule has 33 heavy (non-hydrogen) atoms. The van der Waals surface area contributed by atoms with Crippen LogP contribution in [0, 0.1) is 17.8 Å². The van der Waals surface area contributed by atoms with Gasteiger partial charge in [0.1, 0.15) is 0 Å². The van der Waals surface area contributed by atoms with Crippen LogP contribution in [0.1, 0.15) is 46.5 Å². The van der Waals surface area contributed by atoms with Gasteiger partial charge in [-0.15, -0.1) is 10.2 Å². The molecule has 1 aliphatic heterocycles. The zero-order chi connectivity index (χ0) is 23.4. The van der Waals surface area contributed by atoms with Gasteiger partial charge >= 0.3 is 0 Å². The second-order valence-electron chi connectivity index (χ2n) is 9.21. The van der Waals surface area contributed by atoms with E-state index in [4.69, 9.17) is 0 Å². The Morgan fingerprint density at radius 2 is 1.79 bits per heavy atom. The number of fused-ring (bicyclic) bond motifs is 2. The van der Waals surface area contributed by atoms with Gasteiger partial charge in [-0.2, -0.15) is 5.21 Å². The lowest BCUT2D eigenvalue weighted by atomic mass is 9.82. The first-order chi connectivity index (χ1) is 16.0. The number of carbonyl (C=O) groups excluding carboxylic acids is 2. The average molecular weight is 454 g/mol. The van der Waals surface area contributed by atoms with Gasteiger partial charge < -0.3 is 10.2 Å². The standard InChI is InChI=1S/C24H35N7O2/c1-4-21(30(5-2)6-3)24(33)31-14-17-7-8-18(15-31)20(17)13-22(32)25-19-11-9-16(10-12-19)23-26-28-29-27-23/h9-12,17-18,20-21H,4-8,13-15H2,1-3H3,(H,25,32)(H,26,27,28,29)/t17-,18-,21+/m1/s1. The summed E-state index contributed by atoms with van der Waals surface area (Å²) in [6, 6.07) is 7.42. The second-order valence-corrected chi connectivity index (χ2v) is 9.21. The van der Waals surface area contributed by atoms with Gasteiger partial charge in [-0.25, -0.2) is 0 Å². The van der Waals surface area contributed by atoms with Gasteiger partial charge in [0.15, 0.2) is 0 Å². The molecule has 1 aromatic carbocycles. The molecule has 2 aromatic rings. The third kappa shape index (κ3) is 5.08. The third-order valence-electron chi connectivity index (χ3n) is 7.46. The van der Waals surface area contributed by atoms with Gasteiger partial charge in [0.2, 0.25) is 17.6 Å². The van der Waals surface area contributed by atoms with Crippen LogP contribution >= 0.6 is 0 Å². The molecule has 0 radical (unpaired) electrons. The van der Waals surface area contributed by atoms with Crippen molar-refractivity contribution in [3.8, 4) is 11.4 Å². The number of benzene rings is 1. The highest BCUT2D eigenvalue weighted by atomic mass is 16.2. The predicted molar refractivity (Wildman–Crippen MR) is 126 cm³/mol. The van der Waals surface area contributed by atoms with Crippen LogP contribution in [0.2, 0.25) is 0 Å². The zero-order valence-corrected chi connectivity index (χ0v) is 19.8. The van der Waals surface area contributed by atoms with E-state index in [9.17, 15) is 9.59 Å². The molecule has 0 spiro atoms. The Hall–Kier alpha value is -2.81. The number of likely N-dealkylation sites (tertiary alicyclic amines) is 1. The van der Waals surface area contributed by atoms with E-state index in [-0.39, 0.29) is 17.9 Å². The molecular formula is C24H35N7O2. The minimum Gasteiger partial charge on any atom is -0.341 e. The van der Waals surface area contributed by atoms with E-state index in [0.717, 1.165) is 56.7 Å². The first kappa shape index (κ1) is 23.4. The number of tetrazole rings is 1. The highest BCUT2D eigenvalue weighted by molar-refractivity contribution is 5.91. The van der Waals surface area contributed by atoms with Crippen LogP contribution in [-0.2, 0) is 9.59 Å². The fraction of sp³-hybridized carbons (Fsp3) is 0.625. The van der Waals surface area contributed by atoms with Crippen LogP contribution in [-0.4, -0.2) is 74.5 Å². The topological polar surface area (TPSA) is 107 Å². The van der Waals surface area contributed by atoms with Crippen molar-refractivity contribution in [2.45, 2.75) is 52.5 Å². The molecule has 2 aliphatic rings. The number of likely N-dealkylation sites (N-methyl/N-ethyl adjacent to an activating group) is 1. The normalized spacial score (nSPS) is 23.0. The van der Waals surface area contributed by atoms with E-state index >= 15 is 0 Å². The first-order valence-electron chi connectivity index (χ1n) is 12.2. The number of anilines is 1. The second kappa shape index (κ2) is 10.4. The molecule has 4 rings (SSSR count). The van der Waals surface area contributed by atoms with Crippen molar-refractivity contribution in [1.82, 2.24) is 30.4 Å². The number of nitrogens with zero attached hydrogens (tertiary/aromatic N) is 5. The lowest BCUT2D eigenvalue weighted by molar-refractivity contribution is -0.140. The van der Waals surface area contributed by atoms with E-state index < -0.39 is 0 Å². The summed E-state index contributed by atoms with van der Waals surface area (Å²) in [4.78, 5) is 30.4. The summed E-state index contributed by atoms with van der Waals surface area (Å²) >= 11 is 0. The van der Waals surface area contributed by atoms with Crippen molar-refractivity contribution in [3.05, 3.63) is 24.3 Å². The Bertz CT molecular complexity index is 913. The molecule has 178 valence electrons. The number of carbonyl (C=O) groups is 2. The number of piperidine rings is 1. The molecule has 9 nitrogen and oxygen atoms in total. The number of hydrogen-bond donors (Lipinski definition) is 2. The molecular weight excluding hydrogens is 418 g/mol. The number of aromatic nitrogens is 4. The van der Waals surface area contributed by atoms with E-state index in [1.807, 2.05) is 24.3 Å². The van der Waals surface area contributed by atoms with Crippen molar-refractivity contribution < 1.29 is 9.59 Å². The maximum absolute atomic E-state index is 13.3. The van der Waals surface area contributed by atoms with Gasteiger partial charge in [-0.05, 0) is 79.6 Å². The molecule has 0 unspecified atom stereocenters. The summed E-state index contributed by atoms with van der Waals surface area (Å²) in [6.45, 7) is 9.68. The summed E-state index contributed by atoms with van der Waals surface area (Å²) in [5.74, 6) is 2.00. The Morgan fingerprint density at radius 3 is 2.33 bits per heavy atom. The molecule has 1 aliphatic carbocycles. The maximum atomic E-state index is 13.3. The molecule has 1 saturated heterocycles. The molecule has 2 N–H and O–H groups in total. The summed E-state index contributed by atoms with van der Waals surface area (Å²) in [6.07, 6.45) is 3.56. The molecule has 9 heteroatoms. The van der Waals surface area contributed by atoms with Crippen LogP contribution in [0.3, 0.4) is 0 Å². The van der Waals surface area contributed by atoms with Crippen LogP contribution in [0.4, 0.5) is 5.69 Å². The number of aromatic amines is 1. The Labute approximate surface area is 195 Å². The van der Waals surface area contributed by atoms with Crippen molar-refractivity contribution in [2.75, 3.05) is 31.5 Å². The van der Waals surface area contributed by atoms with E-state index in [1.165, 1.54) is 0 Å². The number of hydrogen-bond acceptors (Lipinski definition) is 6. The number of amides is 2. The fourth-order valence-electron chi connectivity index (χ4n) is 5.73. The number of H-pyrrole nitrogens is 1. The van der Waals surface area contributed by atoms with Crippen molar-refractivity contribution >= 4 is 17.5 Å². The molecule has 2 fully saturated rings. The van der Waals surface area contributed by atoms with E-state index in [0.29, 0.717) is 30.0 Å². The predicted octanol–water partition coefficient (Wildman–Crippen LogP) is 2.80.